The number of aromatic nitrogens is 3. The number of pyridine rings is 1. The van der Waals surface area contributed by atoms with E-state index in [0.29, 0.717) is 24.5 Å². The Balaban J connectivity index is 2.12. The zero-order chi connectivity index (χ0) is 13.8. The summed E-state index contributed by atoms with van der Waals surface area (Å²) < 4.78 is 1.65. The van der Waals surface area contributed by atoms with Crippen molar-refractivity contribution in [2.45, 2.75) is 20.0 Å². The Hall–Kier alpha value is -2.37. The van der Waals surface area contributed by atoms with Gasteiger partial charge in [-0.25, -0.2) is 0 Å². The Labute approximate surface area is 111 Å². The predicted molar refractivity (Wildman–Crippen MR) is 72.3 cm³/mol. The summed E-state index contributed by atoms with van der Waals surface area (Å²) in [6, 6.07) is 5.60. The number of hydrogen-bond donors (Lipinski definition) is 1. The number of nitrogen functional groups attached to an aromatic ring is 1. The van der Waals surface area contributed by atoms with Crippen molar-refractivity contribution in [1.29, 1.82) is 0 Å². The fourth-order valence-electron chi connectivity index (χ4n) is 1.75. The van der Waals surface area contributed by atoms with Crippen LogP contribution in [0.4, 0.5) is 5.69 Å². The van der Waals surface area contributed by atoms with Gasteiger partial charge in [-0.2, -0.15) is 5.10 Å². The number of carbonyl (C=O) groups excluding carboxylic acids is 1. The van der Waals surface area contributed by atoms with Gasteiger partial charge in [-0.1, -0.05) is 6.07 Å². The summed E-state index contributed by atoms with van der Waals surface area (Å²) in [5, 5.41) is 4.17. The molecule has 0 aliphatic carbocycles. The largest absolute Gasteiger partial charge is 0.396 e. The van der Waals surface area contributed by atoms with Crippen LogP contribution in [0.1, 0.15) is 23.1 Å². The maximum Gasteiger partial charge on any atom is 0.276 e. The van der Waals surface area contributed by atoms with Crippen LogP contribution in [0, 0.1) is 0 Å². The molecule has 2 aromatic heterocycles. The molecule has 0 aliphatic heterocycles. The third-order valence-corrected chi connectivity index (χ3v) is 2.79. The van der Waals surface area contributed by atoms with Crippen molar-refractivity contribution in [3.63, 3.8) is 0 Å². The average Bonchev–Trinajstić information content (AvgIpc) is 2.80. The van der Waals surface area contributed by atoms with Gasteiger partial charge in [0.25, 0.3) is 5.91 Å². The van der Waals surface area contributed by atoms with Crippen LogP contribution >= 0.6 is 0 Å². The predicted octanol–water partition coefficient (Wildman–Crippen LogP) is 1.15. The van der Waals surface area contributed by atoms with Gasteiger partial charge in [0, 0.05) is 26.0 Å². The van der Waals surface area contributed by atoms with E-state index < -0.39 is 0 Å². The van der Waals surface area contributed by atoms with Crippen molar-refractivity contribution < 1.29 is 4.79 Å². The molecule has 2 rings (SSSR count). The SMILES string of the molecule is CCn1cc(N)c(C(=O)N(C)Cc2ccccn2)n1. The van der Waals surface area contributed by atoms with E-state index in [2.05, 4.69) is 10.1 Å². The van der Waals surface area contributed by atoms with Crippen molar-refractivity contribution in [2.75, 3.05) is 12.8 Å². The van der Waals surface area contributed by atoms with E-state index in [-0.39, 0.29) is 5.91 Å². The van der Waals surface area contributed by atoms with Crippen molar-refractivity contribution in [1.82, 2.24) is 19.7 Å². The molecule has 2 heterocycles. The summed E-state index contributed by atoms with van der Waals surface area (Å²) in [4.78, 5) is 18.0. The molecular weight excluding hydrogens is 242 g/mol. The molecular formula is C13H17N5O. The van der Waals surface area contributed by atoms with Crippen LogP contribution in [0.5, 0.6) is 0 Å². The van der Waals surface area contributed by atoms with E-state index in [4.69, 9.17) is 5.73 Å². The van der Waals surface area contributed by atoms with E-state index in [0.717, 1.165) is 5.69 Å². The first kappa shape index (κ1) is 13.1. The molecule has 0 unspecified atom stereocenters. The van der Waals surface area contributed by atoms with E-state index >= 15 is 0 Å². The fourth-order valence-corrected chi connectivity index (χ4v) is 1.75. The summed E-state index contributed by atoms with van der Waals surface area (Å²) in [5.74, 6) is -0.199. The highest BCUT2D eigenvalue weighted by atomic mass is 16.2. The highest BCUT2D eigenvalue weighted by molar-refractivity contribution is 5.96. The fraction of sp³-hybridized carbons (Fsp3) is 0.308. The van der Waals surface area contributed by atoms with Gasteiger partial charge in [0.1, 0.15) is 0 Å². The molecule has 0 aromatic carbocycles. The van der Waals surface area contributed by atoms with E-state index in [1.165, 1.54) is 0 Å². The third-order valence-electron chi connectivity index (χ3n) is 2.79. The minimum Gasteiger partial charge on any atom is -0.396 e. The van der Waals surface area contributed by atoms with Gasteiger partial charge in [-0.3, -0.25) is 14.5 Å². The normalized spacial score (nSPS) is 10.4. The summed E-state index contributed by atoms with van der Waals surface area (Å²) in [7, 11) is 1.71. The molecule has 6 heteroatoms. The molecule has 6 nitrogen and oxygen atoms in total. The first-order valence-corrected chi connectivity index (χ1v) is 6.10. The molecule has 0 saturated heterocycles. The molecule has 0 saturated carbocycles. The van der Waals surface area contributed by atoms with Gasteiger partial charge >= 0.3 is 0 Å². The summed E-state index contributed by atoms with van der Waals surface area (Å²) in [5.41, 5.74) is 7.32. The molecule has 100 valence electrons. The lowest BCUT2D eigenvalue weighted by Gasteiger charge is -2.15. The van der Waals surface area contributed by atoms with Crippen molar-refractivity contribution in [3.05, 3.63) is 42.0 Å². The number of nitrogens with zero attached hydrogens (tertiary/aromatic N) is 4. The molecule has 0 aliphatic rings. The first-order valence-electron chi connectivity index (χ1n) is 6.10. The Kier molecular flexibility index (Phi) is 3.79. The monoisotopic (exact) mass is 259 g/mol. The number of hydrogen-bond acceptors (Lipinski definition) is 4. The number of amides is 1. The molecule has 0 bridgehead atoms. The highest BCUT2D eigenvalue weighted by Crippen LogP contribution is 2.12. The van der Waals surface area contributed by atoms with Crippen LogP contribution in [-0.2, 0) is 13.1 Å². The van der Waals surface area contributed by atoms with E-state index in [1.54, 1.807) is 29.0 Å². The molecule has 0 radical (unpaired) electrons. The van der Waals surface area contributed by atoms with Gasteiger partial charge < -0.3 is 10.6 Å². The lowest BCUT2D eigenvalue weighted by Crippen LogP contribution is -2.27. The Morgan fingerprint density at radius 3 is 2.84 bits per heavy atom. The third kappa shape index (κ3) is 2.90. The Bertz CT molecular complexity index is 564. The molecule has 2 aromatic rings. The van der Waals surface area contributed by atoms with Crippen LogP contribution in [0.25, 0.3) is 0 Å². The number of nitrogens with two attached hydrogens (primary N) is 1. The molecule has 0 fully saturated rings. The van der Waals surface area contributed by atoms with Crippen LogP contribution in [-0.4, -0.2) is 32.6 Å². The summed E-state index contributed by atoms with van der Waals surface area (Å²) >= 11 is 0. The second-order valence-corrected chi connectivity index (χ2v) is 4.27. The first-order chi connectivity index (χ1) is 9.11. The molecule has 0 atom stereocenters. The Morgan fingerprint density at radius 2 is 2.26 bits per heavy atom. The maximum atomic E-state index is 12.2. The lowest BCUT2D eigenvalue weighted by atomic mass is 10.3. The number of aryl methyl sites for hydroxylation is 1. The molecule has 1 amide bonds. The number of rotatable bonds is 4. The second-order valence-electron chi connectivity index (χ2n) is 4.27. The zero-order valence-electron chi connectivity index (χ0n) is 11.1. The highest BCUT2D eigenvalue weighted by Gasteiger charge is 2.19. The standard InChI is InChI=1S/C13H17N5O/c1-3-18-9-11(14)12(16-18)13(19)17(2)8-10-6-4-5-7-15-10/h4-7,9H,3,8,14H2,1-2H3. The number of anilines is 1. The van der Waals surface area contributed by atoms with Crippen molar-refractivity contribution in [3.8, 4) is 0 Å². The average molecular weight is 259 g/mol. The smallest absolute Gasteiger partial charge is 0.276 e. The van der Waals surface area contributed by atoms with E-state index in [1.807, 2.05) is 25.1 Å². The topological polar surface area (TPSA) is 77.0 Å². The van der Waals surface area contributed by atoms with Gasteiger partial charge in [-0.05, 0) is 19.1 Å². The van der Waals surface area contributed by atoms with Crippen molar-refractivity contribution >= 4 is 11.6 Å². The van der Waals surface area contributed by atoms with Crippen LogP contribution < -0.4 is 5.73 Å². The lowest BCUT2D eigenvalue weighted by molar-refractivity contribution is 0.0777. The van der Waals surface area contributed by atoms with Crippen LogP contribution in [0.15, 0.2) is 30.6 Å². The van der Waals surface area contributed by atoms with Gasteiger partial charge in [0.2, 0.25) is 0 Å². The van der Waals surface area contributed by atoms with E-state index in [9.17, 15) is 4.79 Å². The summed E-state index contributed by atoms with van der Waals surface area (Å²) in [6.45, 7) is 3.05. The van der Waals surface area contributed by atoms with Gasteiger partial charge in [0.15, 0.2) is 5.69 Å². The van der Waals surface area contributed by atoms with Gasteiger partial charge in [0.05, 0.1) is 17.9 Å². The van der Waals surface area contributed by atoms with Crippen LogP contribution in [0.3, 0.4) is 0 Å². The number of carbonyl (C=O) groups is 1. The second kappa shape index (κ2) is 5.51. The molecule has 0 spiro atoms. The maximum absolute atomic E-state index is 12.2. The van der Waals surface area contributed by atoms with Crippen molar-refractivity contribution in [2.24, 2.45) is 0 Å². The zero-order valence-corrected chi connectivity index (χ0v) is 11.1. The summed E-state index contributed by atoms with van der Waals surface area (Å²) in [6.07, 6.45) is 3.37. The molecule has 19 heavy (non-hydrogen) atoms. The van der Waals surface area contributed by atoms with Crippen LogP contribution in [0.2, 0.25) is 0 Å². The van der Waals surface area contributed by atoms with Gasteiger partial charge in [-0.15, -0.1) is 0 Å². The molecule has 2 N–H and O–H groups in total. The minimum atomic E-state index is -0.199. The Morgan fingerprint density at radius 1 is 1.47 bits per heavy atom. The quantitative estimate of drug-likeness (QED) is 0.893. The minimum absolute atomic E-state index is 0.199.